The van der Waals surface area contributed by atoms with Crippen LogP contribution in [0.25, 0.3) is 12.2 Å². The summed E-state index contributed by atoms with van der Waals surface area (Å²) in [6.45, 7) is 14.0. The van der Waals surface area contributed by atoms with E-state index in [1.54, 1.807) is 45.2 Å². The minimum Gasteiger partial charge on any atom is -0.478 e. The van der Waals surface area contributed by atoms with E-state index in [1.807, 2.05) is 60.7 Å². The van der Waals surface area contributed by atoms with E-state index in [9.17, 15) is 48.6 Å². The van der Waals surface area contributed by atoms with Crippen molar-refractivity contribution in [3.63, 3.8) is 0 Å². The van der Waals surface area contributed by atoms with E-state index < -0.39 is 69.4 Å². The summed E-state index contributed by atoms with van der Waals surface area (Å²) < 4.78 is 5.43. The van der Waals surface area contributed by atoms with Crippen molar-refractivity contribution in [2.45, 2.75) is 114 Å². The number of ketones is 3. The first-order valence-corrected chi connectivity index (χ1v) is 30.9. The number of rotatable bonds is 22. The zero-order valence-corrected chi connectivity index (χ0v) is 51.9. The molecule has 26 heteroatoms. The maximum Gasteiger partial charge on any atom is 0.353 e. The Morgan fingerprint density at radius 2 is 1.12 bits per heavy atom. The maximum atomic E-state index is 13.6. The van der Waals surface area contributed by atoms with Crippen LogP contribution in [0.3, 0.4) is 0 Å². The summed E-state index contributed by atoms with van der Waals surface area (Å²) in [6.07, 6.45) is 6.75. The van der Waals surface area contributed by atoms with Gasteiger partial charge in [0.15, 0.2) is 33.9 Å². The smallest absolute Gasteiger partial charge is 0.353 e. The van der Waals surface area contributed by atoms with Crippen LogP contribution in [0.15, 0.2) is 104 Å². The molecule has 2 amide bonds. The van der Waals surface area contributed by atoms with Crippen LogP contribution in [-0.4, -0.2) is 128 Å². The van der Waals surface area contributed by atoms with Crippen molar-refractivity contribution in [3.8, 4) is 0 Å². The minimum absolute atomic E-state index is 0.0795. The molecule has 8 rings (SSSR count). The molecule has 0 spiro atoms. The van der Waals surface area contributed by atoms with Gasteiger partial charge in [-0.05, 0) is 88.8 Å². The summed E-state index contributed by atoms with van der Waals surface area (Å²) in [6, 6.07) is 15.2. The second kappa shape index (κ2) is 27.0. The number of amides is 2. The molecule has 2 aromatic heterocycles. The van der Waals surface area contributed by atoms with Crippen LogP contribution in [0.1, 0.15) is 107 Å². The van der Waals surface area contributed by atoms with Crippen molar-refractivity contribution in [2.24, 2.45) is 22.1 Å². The Morgan fingerprint density at radius 1 is 0.679 bits per heavy atom. The number of allylic oxidation sites excluding steroid dienone is 3. The van der Waals surface area contributed by atoms with Gasteiger partial charge in [-0.1, -0.05) is 83.1 Å². The number of aliphatic carboxylic acids is 2. The molecule has 4 N–H and O–H groups in total. The number of oxime groups is 2. The normalized spacial score (nSPS) is 19.3. The molecular weight excluding hydrogens is 1200 g/mol. The Morgan fingerprint density at radius 3 is 1.51 bits per heavy atom. The number of thioether (sulfide) groups is 2. The van der Waals surface area contributed by atoms with Crippen LogP contribution < -0.4 is 5.73 Å². The number of alkyl halides is 2. The number of Topliss-reactive ketones (excluding diaryl/α,β-unsaturated/α-hetero) is 3. The van der Waals surface area contributed by atoms with Gasteiger partial charge in [0.25, 0.3) is 0 Å². The highest BCUT2D eigenvalue weighted by molar-refractivity contribution is 8.00. The first kappa shape index (κ1) is 64.6. The molecule has 6 heterocycles. The molecule has 20 nitrogen and oxygen atoms in total. The molecule has 2 aromatic carbocycles. The standard InChI is InChI=1S/C32H36ClN3O6S2.C26H25ClN4O7S2/c1-18(37)27-22(13-12-20-8-10-21(15-33)11-9-20)16-44-29-23(28(39)36(27)29)14-25(38)26(24-17-43-19(2)34-24)35-42-32(6,7)30(40)41-31(3,4)5;1-26(2,24(36)37)38-30-19(17-12-40-25(28)29-17)18(32)9-16-21(33)31-20(23(34)35)15(11-39-22(16)31)8-7-13-3-5-14(10-27)6-4-13/h8-13,17,23,29H,14-16H2,1-7H3;3-8,12,16,22H,9-11H2,1-2H3,(H2,28,29)(H,34,35)(H,36,37)/b13-12?,35-26-;8-7?,30-19-/t23-,29-;16-,22-/m11/s1. The van der Waals surface area contributed by atoms with Gasteiger partial charge >= 0.3 is 17.9 Å². The van der Waals surface area contributed by atoms with E-state index in [2.05, 4.69) is 20.3 Å². The van der Waals surface area contributed by atoms with Crippen LogP contribution in [-0.2, 0) is 64.5 Å². The lowest BCUT2D eigenvalue weighted by Gasteiger charge is -2.49. The van der Waals surface area contributed by atoms with Crippen molar-refractivity contribution >= 4 is 145 Å². The van der Waals surface area contributed by atoms with E-state index >= 15 is 0 Å². The number of halogens is 2. The van der Waals surface area contributed by atoms with Gasteiger partial charge < -0.3 is 30.4 Å². The third-order valence-corrected chi connectivity index (χ3v) is 17.9. The number of aromatic nitrogens is 2. The zero-order chi connectivity index (χ0) is 61.6. The number of carbonyl (C=O) groups excluding carboxylic acids is 6. The van der Waals surface area contributed by atoms with Gasteiger partial charge in [-0.3, -0.25) is 33.8 Å². The quantitative estimate of drug-likeness (QED) is 0.0217. The second-order valence-corrected chi connectivity index (χ2v) is 26.2. The molecule has 0 radical (unpaired) electrons. The van der Waals surface area contributed by atoms with Crippen molar-refractivity contribution in [1.82, 2.24) is 19.8 Å². The number of hydrogen-bond acceptors (Lipinski definition) is 20. The average molecular weight is 1260 g/mol. The number of β-lactam (4-membered cyclic amide) rings is 2. The number of ether oxygens (including phenoxy) is 1. The van der Waals surface area contributed by atoms with E-state index in [4.69, 9.17) is 43.3 Å². The third kappa shape index (κ3) is 15.3. The van der Waals surface area contributed by atoms with E-state index in [0.29, 0.717) is 45.2 Å². The van der Waals surface area contributed by atoms with Crippen LogP contribution in [0.2, 0.25) is 0 Å². The number of carbonyl (C=O) groups is 8. The molecule has 0 bridgehead atoms. The highest BCUT2D eigenvalue weighted by Crippen LogP contribution is 2.47. The first-order valence-electron chi connectivity index (χ1n) is 26.0. The Balaban J connectivity index is 0.000000242. The highest BCUT2D eigenvalue weighted by Gasteiger charge is 2.55. The number of esters is 1. The van der Waals surface area contributed by atoms with Gasteiger partial charge in [-0.15, -0.1) is 69.4 Å². The fraction of sp³-hybridized carbons (Fsp3) is 0.379. The van der Waals surface area contributed by atoms with Gasteiger partial charge in [0.2, 0.25) is 23.0 Å². The van der Waals surface area contributed by atoms with Crippen LogP contribution >= 0.6 is 69.4 Å². The van der Waals surface area contributed by atoms with Gasteiger partial charge in [0.1, 0.15) is 22.7 Å². The molecule has 0 saturated carbocycles. The second-order valence-electron chi connectivity index (χ2n) is 21.5. The van der Waals surface area contributed by atoms with Gasteiger partial charge in [0, 0.05) is 53.8 Å². The zero-order valence-electron chi connectivity index (χ0n) is 47.2. The Bertz CT molecular complexity index is 3450. The van der Waals surface area contributed by atoms with Gasteiger partial charge in [0.05, 0.1) is 33.3 Å². The molecular formula is C58H61Cl2N7O13S4. The SMILES string of the molecule is CC(=O)C1=C(C=Cc2ccc(CCl)cc2)CS[C@@H]2[C@H](CC(=O)/C(=N\OC(C)(C)C(=O)OC(C)(C)C)c3csc(C)n3)C(=O)N12.CC(C)(O/N=C(\C(=O)C[C@@H]1C(=O)N2C(C(=O)O)=C(C=Cc3ccc(CCl)cc3)CS[C@H]12)c1csc(N)n1)C(=O)O. The fourth-order valence-electron chi connectivity index (χ4n) is 8.54. The number of fused-ring (bicyclic) bond motifs is 2. The lowest BCUT2D eigenvalue weighted by Crippen LogP contribution is -2.62. The predicted octanol–water partition coefficient (Wildman–Crippen LogP) is 9.67. The summed E-state index contributed by atoms with van der Waals surface area (Å²) in [7, 11) is 0. The predicted molar refractivity (Wildman–Crippen MR) is 325 cm³/mol. The third-order valence-electron chi connectivity index (χ3n) is 13.1. The molecule has 4 aliphatic heterocycles. The molecule has 4 aliphatic rings. The number of hydrogen-bond donors (Lipinski definition) is 3. The van der Waals surface area contributed by atoms with Gasteiger partial charge in [-0.25, -0.2) is 24.4 Å². The fourth-order valence-corrected chi connectivity index (χ4v) is 12.8. The monoisotopic (exact) mass is 1260 g/mol. The van der Waals surface area contributed by atoms with Gasteiger partial charge in [-0.2, -0.15) is 0 Å². The summed E-state index contributed by atoms with van der Waals surface area (Å²) in [5.74, 6) is -5.11. The lowest BCUT2D eigenvalue weighted by atomic mass is 9.88. The largest absolute Gasteiger partial charge is 0.478 e. The number of nitrogens with zero attached hydrogens (tertiary/aromatic N) is 6. The molecule has 84 heavy (non-hydrogen) atoms. The Hall–Kier alpha value is -6.96. The van der Waals surface area contributed by atoms with E-state index in [0.717, 1.165) is 39.2 Å². The molecule has 0 aliphatic carbocycles. The summed E-state index contributed by atoms with van der Waals surface area (Å²) in [5.41, 5.74) is 6.98. The van der Waals surface area contributed by atoms with Crippen LogP contribution in [0.4, 0.5) is 5.13 Å². The number of thiazole rings is 2. The molecule has 4 aromatic rings. The number of nitrogens with two attached hydrogens (primary N) is 1. The summed E-state index contributed by atoms with van der Waals surface area (Å²) in [4.78, 5) is 124. The van der Waals surface area contributed by atoms with Crippen molar-refractivity contribution in [2.75, 3.05) is 17.2 Å². The van der Waals surface area contributed by atoms with Crippen molar-refractivity contribution in [1.29, 1.82) is 0 Å². The van der Waals surface area contributed by atoms with Crippen molar-refractivity contribution < 1.29 is 63.0 Å². The summed E-state index contributed by atoms with van der Waals surface area (Å²) in [5, 5.41) is 30.2. The Kier molecular flexibility index (Phi) is 20.7. The van der Waals surface area contributed by atoms with E-state index in [1.165, 1.54) is 84.7 Å². The average Bonchev–Trinajstić information content (AvgIpc) is 1.02. The number of benzene rings is 2. The molecule has 444 valence electrons. The first-order chi connectivity index (χ1) is 39.5. The highest BCUT2D eigenvalue weighted by atomic mass is 35.5. The van der Waals surface area contributed by atoms with Crippen LogP contribution in [0, 0.1) is 18.8 Å². The molecule has 0 unspecified atom stereocenters. The lowest BCUT2D eigenvalue weighted by molar-refractivity contribution is -0.179. The number of carboxylic acid groups (broad SMARTS) is 2. The number of carboxylic acids is 2. The Labute approximate surface area is 511 Å². The van der Waals surface area contributed by atoms with Crippen molar-refractivity contribution in [3.05, 3.63) is 133 Å². The van der Waals surface area contributed by atoms with Crippen LogP contribution in [0.5, 0.6) is 0 Å². The molecule has 4 atom stereocenters. The summed E-state index contributed by atoms with van der Waals surface area (Å²) >= 11 is 17.0. The number of aryl methyl sites for hydroxylation is 1. The topological polar surface area (TPSA) is 288 Å². The maximum absolute atomic E-state index is 13.6. The molecule has 2 saturated heterocycles. The molecule has 2 fully saturated rings. The number of nitrogen functional groups attached to an aromatic ring is 1. The van der Waals surface area contributed by atoms with E-state index in [-0.39, 0.29) is 57.9 Å². The minimum atomic E-state index is -1.73. The number of anilines is 1.